The molecule has 0 aromatic rings. The highest BCUT2D eigenvalue weighted by atomic mass is 16.5. The van der Waals surface area contributed by atoms with Gasteiger partial charge in [0.05, 0.1) is 12.0 Å². The summed E-state index contributed by atoms with van der Waals surface area (Å²) in [6.45, 7) is 13.9. The van der Waals surface area contributed by atoms with Gasteiger partial charge < -0.3 is 41.7 Å². The number of unbranched alkanes of at least 4 members (excludes halogenated alkanes) is 2. The first-order valence-corrected chi connectivity index (χ1v) is 19.1. The highest BCUT2D eigenvalue weighted by Gasteiger charge is 2.53. The Morgan fingerprint density at radius 2 is 1.65 bits per heavy atom. The van der Waals surface area contributed by atoms with E-state index in [1.165, 1.54) is 11.8 Å². The van der Waals surface area contributed by atoms with Gasteiger partial charge in [-0.1, -0.05) is 58.6 Å². The van der Waals surface area contributed by atoms with Crippen molar-refractivity contribution in [2.45, 2.75) is 142 Å². The zero-order valence-corrected chi connectivity index (χ0v) is 32.3. The molecule has 1 heterocycles. The van der Waals surface area contributed by atoms with Crippen LogP contribution in [0.5, 0.6) is 0 Å². The second kappa shape index (κ2) is 19.0. The zero-order valence-electron chi connectivity index (χ0n) is 32.3. The van der Waals surface area contributed by atoms with Gasteiger partial charge in [-0.05, 0) is 76.5 Å². The topological polar surface area (TPSA) is 209 Å². The van der Waals surface area contributed by atoms with Gasteiger partial charge in [0.2, 0.25) is 29.5 Å². The quantitative estimate of drug-likeness (QED) is 0.104. The number of carbonyl (C=O) groups excluding carboxylic acids is 6. The van der Waals surface area contributed by atoms with Gasteiger partial charge in [0.1, 0.15) is 36.8 Å². The van der Waals surface area contributed by atoms with Crippen molar-refractivity contribution in [2.24, 2.45) is 34.8 Å². The van der Waals surface area contributed by atoms with Crippen molar-refractivity contribution in [2.75, 3.05) is 20.1 Å². The molecule has 5 amide bonds. The minimum Gasteiger partial charge on any atom is -0.460 e. The first-order chi connectivity index (χ1) is 24.4. The van der Waals surface area contributed by atoms with E-state index in [4.69, 9.17) is 10.5 Å². The monoisotopic (exact) mass is 732 g/mol. The third-order valence-corrected chi connectivity index (χ3v) is 11.3. The molecule has 8 atom stereocenters. The third kappa shape index (κ3) is 10.8. The van der Waals surface area contributed by atoms with Crippen LogP contribution in [0, 0.1) is 29.1 Å². The highest BCUT2D eigenvalue weighted by molar-refractivity contribution is 5.96. The van der Waals surface area contributed by atoms with Crippen LogP contribution >= 0.6 is 0 Å². The van der Waals surface area contributed by atoms with Crippen molar-refractivity contribution in [3.05, 3.63) is 12.2 Å². The molecule has 2 saturated carbocycles. The number of aliphatic hydroxyl groups excluding tert-OH is 1. The molecule has 0 aromatic carbocycles. The summed E-state index contributed by atoms with van der Waals surface area (Å²) in [4.78, 5) is 83.9. The summed E-state index contributed by atoms with van der Waals surface area (Å²) in [5.74, 6) is -5.53. The maximum absolute atomic E-state index is 14.4. The number of likely N-dealkylation sites (N-methyl/N-ethyl adjacent to an activating group) is 1. The second-order valence-corrected chi connectivity index (χ2v) is 16.0. The Morgan fingerprint density at radius 3 is 2.17 bits per heavy atom. The van der Waals surface area contributed by atoms with Crippen LogP contribution in [0.4, 0.5) is 0 Å². The van der Waals surface area contributed by atoms with Crippen molar-refractivity contribution in [1.29, 1.82) is 0 Å². The van der Waals surface area contributed by atoms with Crippen LogP contribution in [0.2, 0.25) is 0 Å². The molecule has 1 saturated heterocycles. The van der Waals surface area contributed by atoms with E-state index in [-0.39, 0.29) is 23.8 Å². The highest BCUT2D eigenvalue weighted by Crippen LogP contribution is 2.59. The van der Waals surface area contributed by atoms with Crippen LogP contribution in [0.1, 0.15) is 106 Å². The maximum Gasteiger partial charge on any atom is 0.325 e. The number of carbonyl (C=O) groups is 6. The minimum absolute atomic E-state index is 0.00114. The first kappa shape index (κ1) is 42.9. The number of cyclic esters (lactones) is 1. The largest absolute Gasteiger partial charge is 0.460 e. The lowest BCUT2D eigenvalue weighted by molar-refractivity contribution is -0.160. The maximum atomic E-state index is 14.4. The van der Waals surface area contributed by atoms with Gasteiger partial charge in [0.15, 0.2) is 0 Å². The molecule has 0 radical (unpaired) electrons. The van der Waals surface area contributed by atoms with Crippen molar-refractivity contribution < 1.29 is 38.6 Å². The lowest BCUT2D eigenvalue weighted by Crippen LogP contribution is -2.64. The molecule has 3 rings (SSSR count). The fourth-order valence-corrected chi connectivity index (χ4v) is 7.98. The summed E-state index contributed by atoms with van der Waals surface area (Å²) in [6.07, 6.45) is 5.95. The van der Waals surface area contributed by atoms with E-state index in [0.29, 0.717) is 12.8 Å². The Bertz CT molecular complexity index is 1310. The lowest BCUT2D eigenvalue weighted by atomic mass is 9.50. The van der Waals surface area contributed by atoms with E-state index in [9.17, 15) is 33.9 Å². The molecule has 52 heavy (non-hydrogen) atoms. The Kier molecular flexibility index (Phi) is 15.7. The average Bonchev–Trinajstić information content (AvgIpc) is 3.04. The van der Waals surface area contributed by atoms with Crippen LogP contribution in [-0.4, -0.2) is 102 Å². The van der Waals surface area contributed by atoms with Gasteiger partial charge in [-0.3, -0.25) is 28.8 Å². The number of hydrogen-bond donors (Lipinski definition) is 6. The number of esters is 1. The molecular weight excluding hydrogens is 668 g/mol. The molecule has 7 N–H and O–H groups in total. The molecule has 14 heteroatoms. The van der Waals surface area contributed by atoms with Crippen molar-refractivity contribution >= 4 is 35.5 Å². The summed E-state index contributed by atoms with van der Waals surface area (Å²) in [5, 5.41) is 20.9. The van der Waals surface area contributed by atoms with Crippen LogP contribution < -0.4 is 27.0 Å². The number of nitrogens with zero attached hydrogens (tertiary/aromatic N) is 1. The Balaban J connectivity index is 2.07. The smallest absolute Gasteiger partial charge is 0.325 e. The van der Waals surface area contributed by atoms with Gasteiger partial charge in [-0.15, -0.1) is 0 Å². The van der Waals surface area contributed by atoms with Crippen LogP contribution in [0.3, 0.4) is 0 Å². The molecule has 0 aromatic heterocycles. The summed E-state index contributed by atoms with van der Waals surface area (Å²) >= 11 is 0. The van der Waals surface area contributed by atoms with Crippen LogP contribution in [0.25, 0.3) is 0 Å². The van der Waals surface area contributed by atoms with E-state index < -0.39 is 90.3 Å². The molecule has 1 unspecified atom stereocenters. The van der Waals surface area contributed by atoms with Crippen molar-refractivity contribution in [3.8, 4) is 0 Å². The number of amides is 5. The Morgan fingerprint density at radius 1 is 1.00 bits per heavy atom. The number of hydrogen-bond acceptors (Lipinski definition) is 9. The number of rotatable bonds is 11. The van der Waals surface area contributed by atoms with Crippen LogP contribution in [0.15, 0.2) is 12.2 Å². The van der Waals surface area contributed by atoms with Gasteiger partial charge in [-0.25, -0.2) is 0 Å². The fraction of sp³-hybridized carbons (Fsp3) is 0.789. The first-order valence-electron chi connectivity index (χ1n) is 19.1. The molecule has 0 bridgehead atoms. The molecule has 3 fully saturated rings. The van der Waals surface area contributed by atoms with Crippen molar-refractivity contribution in [3.63, 3.8) is 0 Å². The van der Waals surface area contributed by atoms with Crippen molar-refractivity contribution in [1.82, 2.24) is 26.2 Å². The average molecular weight is 733 g/mol. The molecule has 3 aliphatic rings. The van der Waals surface area contributed by atoms with Gasteiger partial charge in [-0.2, -0.15) is 0 Å². The number of ether oxygens (including phenoxy) is 1. The van der Waals surface area contributed by atoms with E-state index in [1.54, 1.807) is 14.0 Å². The Hall–Kier alpha value is -3.52. The lowest BCUT2D eigenvalue weighted by Gasteiger charge is -2.56. The molecule has 294 valence electrons. The molecule has 2 aliphatic carbocycles. The van der Waals surface area contributed by atoms with Gasteiger partial charge in [0.25, 0.3) is 0 Å². The second-order valence-electron chi connectivity index (χ2n) is 16.0. The number of aliphatic hydroxyl groups is 1. The third-order valence-electron chi connectivity index (χ3n) is 11.3. The summed E-state index contributed by atoms with van der Waals surface area (Å²) in [6, 6.07) is -4.75. The minimum atomic E-state index is -1.49. The predicted molar refractivity (Wildman–Crippen MR) is 196 cm³/mol. The molecule has 1 spiro atoms. The zero-order chi connectivity index (χ0) is 38.9. The number of nitrogens with one attached hydrogen (secondary N) is 4. The van der Waals surface area contributed by atoms with Gasteiger partial charge in [0, 0.05) is 19.5 Å². The molecule has 1 aliphatic heterocycles. The number of nitrogens with two attached hydrogens (primary N) is 1. The summed E-state index contributed by atoms with van der Waals surface area (Å²) in [5.41, 5.74) is 6.80. The van der Waals surface area contributed by atoms with E-state index >= 15 is 0 Å². The van der Waals surface area contributed by atoms with Gasteiger partial charge >= 0.3 is 5.97 Å². The molecule has 14 nitrogen and oxygen atoms in total. The standard InChI is InChI=1S/C38H64N6O8/c1-9-10-11-13-26(22(4)5)32-23(6)37(51)44(8)28(16-21(2)3)34(48)43-31(25-17-38(18-25)14-12-15-38)36(50)41-27(19-39)33(47)42-30(24(7)45)35(49)40-20-29(46)52-32/h21,23-28,30-32,45H,4,9-20,39H2,1-3,5-8H3,(H,40,49)(H,41,50)(H,42,47)(H,43,48)/t23-,24+,26?,27+,28+,30+,31+,32+/m1/s1. The fourth-order valence-electron chi connectivity index (χ4n) is 7.98. The SMILES string of the molecule is C=C(C)C(CCCCC)[C@H]1OC(=O)CNC(=O)[C@H]([C@H](C)O)NC(=O)[C@H](CN)NC(=O)[C@H](C2CC3(CCC3)C2)NC(=O)[C@H](CC(C)C)N(C)C(=O)[C@@H]1C. The van der Waals surface area contributed by atoms with Crippen LogP contribution in [-0.2, 0) is 33.5 Å². The van der Waals surface area contributed by atoms with E-state index in [0.717, 1.165) is 56.9 Å². The molecular formula is C38H64N6O8. The summed E-state index contributed by atoms with van der Waals surface area (Å²) in [7, 11) is 1.55. The Labute approximate surface area is 309 Å². The normalized spacial score (nSPS) is 29.6. The summed E-state index contributed by atoms with van der Waals surface area (Å²) < 4.78 is 5.98. The predicted octanol–water partition coefficient (Wildman–Crippen LogP) is 1.68. The van der Waals surface area contributed by atoms with E-state index in [2.05, 4.69) is 34.8 Å². The van der Waals surface area contributed by atoms with E-state index in [1.807, 2.05) is 20.8 Å².